The summed E-state index contributed by atoms with van der Waals surface area (Å²) in [5, 5.41) is 0. The lowest BCUT2D eigenvalue weighted by atomic mass is 10.1. The van der Waals surface area contributed by atoms with Gasteiger partial charge in [0.1, 0.15) is 5.69 Å². The van der Waals surface area contributed by atoms with E-state index in [1.165, 1.54) is 12.8 Å². The quantitative estimate of drug-likeness (QED) is 0.825. The molecule has 3 nitrogen and oxygen atoms in total. The Morgan fingerprint density at radius 2 is 2.11 bits per heavy atom. The second-order valence-corrected chi connectivity index (χ2v) is 6.80. The number of likely N-dealkylation sites (tertiary alicyclic amines) is 1. The molecule has 19 heavy (non-hydrogen) atoms. The molecule has 1 aliphatic carbocycles. The number of halogens is 1. The van der Waals surface area contributed by atoms with E-state index in [-0.39, 0.29) is 5.91 Å². The van der Waals surface area contributed by atoms with Crippen molar-refractivity contribution in [1.29, 1.82) is 0 Å². The molecule has 104 valence electrons. The van der Waals surface area contributed by atoms with E-state index in [2.05, 4.69) is 45.4 Å². The fourth-order valence-electron chi connectivity index (χ4n) is 3.24. The molecule has 0 bridgehead atoms. The Bertz CT molecular complexity index is 492. The zero-order valence-electron chi connectivity index (χ0n) is 11.6. The molecule has 0 spiro atoms. The molecular weight excluding hydrogens is 304 g/mol. The number of hydrogen-bond donors (Lipinski definition) is 0. The molecule has 3 rings (SSSR count). The first-order valence-electron chi connectivity index (χ1n) is 7.31. The highest BCUT2D eigenvalue weighted by molar-refractivity contribution is 9.10. The van der Waals surface area contributed by atoms with E-state index in [1.807, 2.05) is 6.07 Å². The summed E-state index contributed by atoms with van der Waals surface area (Å²) in [6.07, 6.45) is 7.81. The molecule has 1 saturated carbocycles. The number of rotatable bonds is 3. The number of aromatic nitrogens is 1. The van der Waals surface area contributed by atoms with Crippen LogP contribution in [0.5, 0.6) is 0 Å². The van der Waals surface area contributed by atoms with Crippen molar-refractivity contribution >= 4 is 21.8 Å². The van der Waals surface area contributed by atoms with Gasteiger partial charge in [0.05, 0.1) is 0 Å². The zero-order valence-corrected chi connectivity index (χ0v) is 13.2. The van der Waals surface area contributed by atoms with Crippen LogP contribution in [0, 0.1) is 0 Å². The summed E-state index contributed by atoms with van der Waals surface area (Å²) in [5.74, 6) is 0.217. The maximum absolute atomic E-state index is 12.9. The minimum Gasteiger partial charge on any atom is -0.339 e. The molecule has 4 heteroatoms. The largest absolute Gasteiger partial charge is 0.339 e. The molecule has 2 aliphatic rings. The lowest BCUT2D eigenvalue weighted by molar-refractivity contribution is 0.0665. The van der Waals surface area contributed by atoms with Crippen molar-refractivity contribution < 1.29 is 4.79 Å². The predicted octanol–water partition coefficient (Wildman–Crippen LogP) is 3.99. The molecule has 1 aromatic heterocycles. The van der Waals surface area contributed by atoms with Crippen LogP contribution < -0.4 is 0 Å². The van der Waals surface area contributed by atoms with Crippen LogP contribution in [0.15, 0.2) is 16.7 Å². The van der Waals surface area contributed by atoms with Crippen LogP contribution in [-0.4, -0.2) is 27.5 Å². The van der Waals surface area contributed by atoms with Gasteiger partial charge in [-0.15, -0.1) is 0 Å². The zero-order chi connectivity index (χ0) is 13.6. The maximum Gasteiger partial charge on any atom is 0.271 e. The molecular formula is C15H21BrN2O. The highest BCUT2D eigenvalue weighted by Gasteiger charge is 2.36. The topological polar surface area (TPSA) is 25.2 Å². The van der Waals surface area contributed by atoms with Gasteiger partial charge in [0.2, 0.25) is 0 Å². The number of carbonyl (C=O) groups is 1. The van der Waals surface area contributed by atoms with Crippen LogP contribution in [0.2, 0.25) is 0 Å². The lowest BCUT2D eigenvalue weighted by Gasteiger charge is -2.28. The van der Waals surface area contributed by atoms with Crippen molar-refractivity contribution in [3.05, 3.63) is 22.4 Å². The van der Waals surface area contributed by atoms with Gasteiger partial charge in [-0.3, -0.25) is 4.79 Å². The Morgan fingerprint density at radius 1 is 1.37 bits per heavy atom. The molecule has 1 amide bonds. The summed E-state index contributed by atoms with van der Waals surface area (Å²) in [5.41, 5.74) is 0.863. The third kappa shape index (κ3) is 2.35. The average molecular weight is 325 g/mol. The summed E-state index contributed by atoms with van der Waals surface area (Å²) < 4.78 is 3.19. The SMILES string of the molecule is CCC1CCC(C)N1C(=O)c1cc(Br)cn1C1CC1. The number of carbonyl (C=O) groups excluding carboxylic acids is 1. The van der Waals surface area contributed by atoms with Crippen molar-refractivity contribution in [2.75, 3.05) is 0 Å². The van der Waals surface area contributed by atoms with Gasteiger partial charge in [-0.25, -0.2) is 0 Å². The van der Waals surface area contributed by atoms with E-state index in [0.717, 1.165) is 29.4 Å². The van der Waals surface area contributed by atoms with E-state index < -0.39 is 0 Å². The molecule has 2 atom stereocenters. The Balaban J connectivity index is 1.90. The molecule has 0 radical (unpaired) electrons. The third-order valence-electron chi connectivity index (χ3n) is 4.47. The molecule has 2 unspecified atom stereocenters. The second-order valence-electron chi connectivity index (χ2n) is 5.88. The summed E-state index contributed by atoms with van der Waals surface area (Å²) in [6, 6.07) is 3.32. The molecule has 1 saturated heterocycles. The van der Waals surface area contributed by atoms with E-state index >= 15 is 0 Å². The summed E-state index contributed by atoms with van der Waals surface area (Å²) in [4.78, 5) is 15.0. The predicted molar refractivity (Wildman–Crippen MR) is 79.3 cm³/mol. The first-order valence-corrected chi connectivity index (χ1v) is 8.11. The second kappa shape index (κ2) is 4.97. The highest BCUT2D eigenvalue weighted by atomic mass is 79.9. The van der Waals surface area contributed by atoms with Gasteiger partial charge in [-0.05, 0) is 61.0 Å². The minimum atomic E-state index is 0.217. The van der Waals surface area contributed by atoms with E-state index in [9.17, 15) is 4.79 Å². The average Bonchev–Trinajstić information content (AvgIpc) is 3.06. The fraction of sp³-hybridized carbons (Fsp3) is 0.667. The fourth-order valence-corrected chi connectivity index (χ4v) is 3.68. The molecule has 2 fully saturated rings. The van der Waals surface area contributed by atoms with Crippen LogP contribution in [0.1, 0.15) is 62.5 Å². The van der Waals surface area contributed by atoms with Crippen molar-refractivity contribution in [3.8, 4) is 0 Å². The van der Waals surface area contributed by atoms with Gasteiger partial charge in [0.15, 0.2) is 0 Å². The third-order valence-corrected chi connectivity index (χ3v) is 4.90. The van der Waals surface area contributed by atoms with E-state index in [4.69, 9.17) is 0 Å². The molecule has 0 N–H and O–H groups in total. The smallest absolute Gasteiger partial charge is 0.271 e. The van der Waals surface area contributed by atoms with Crippen molar-refractivity contribution in [2.45, 2.75) is 64.1 Å². The Morgan fingerprint density at radius 3 is 2.74 bits per heavy atom. The highest BCUT2D eigenvalue weighted by Crippen LogP contribution is 2.38. The molecule has 1 aromatic rings. The number of nitrogens with zero attached hydrogens (tertiary/aromatic N) is 2. The van der Waals surface area contributed by atoms with Crippen LogP contribution in [0.4, 0.5) is 0 Å². The maximum atomic E-state index is 12.9. The molecule has 0 aromatic carbocycles. The van der Waals surface area contributed by atoms with E-state index in [0.29, 0.717) is 18.1 Å². The van der Waals surface area contributed by atoms with Gasteiger partial charge in [0, 0.05) is 28.8 Å². The Labute approximate surface area is 123 Å². The first kappa shape index (κ1) is 13.2. The monoisotopic (exact) mass is 324 g/mol. The van der Waals surface area contributed by atoms with Gasteiger partial charge >= 0.3 is 0 Å². The Kier molecular flexibility index (Phi) is 3.46. The minimum absolute atomic E-state index is 0.217. The van der Waals surface area contributed by atoms with Crippen molar-refractivity contribution in [2.24, 2.45) is 0 Å². The van der Waals surface area contributed by atoms with Crippen LogP contribution in [0.3, 0.4) is 0 Å². The van der Waals surface area contributed by atoms with Crippen molar-refractivity contribution in [1.82, 2.24) is 9.47 Å². The van der Waals surface area contributed by atoms with E-state index in [1.54, 1.807) is 0 Å². The van der Waals surface area contributed by atoms with Gasteiger partial charge < -0.3 is 9.47 Å². The summed E-state index contributed by atoms with van der Waals surface area (Å²) in [6.45, 7) is 4.35. The van der Waals surface area contributed by atoms with Gasteiger partial charge in [0.25, 0.3) is 5.91 Å². The standard InChI is InChI=1S/C15H21BrN2O/c1-3-12-5-4-10(2)18(12)15(19)14-8-11(16)9-17(14)13-6-7-13/h8-10,12-13H,3-7H2,1-2H3. The summed E-state index contributed by atoms with van der Waals surface area (Å²) >= 11 is 3.51. The van der Waals surface area contributed by atoms with Crippen molar-refractivity contribution in [3.63, 3.8) is 0 Å². The van der Waals surface area contributed by atoms with Gasteiger partial charge in [-0.1, -0.05) is 6.92 Å². The van der Waals surface area contributed by atoms with Crippen LogP contribution in [-0.2, 0) is 0 Å². The van der Waals surface area contributed by atoms with Crippen LogP contribution >= 0.6 is 15.9 Å². The molecule has 1 aliphatic heterocycles. The van der Waals surface area contributed by atoms with Crippen LogP contribution in [0.25, 0.3) is 0 Å². The summed E-state index contributed by atoms with van der Waals surface area (Å²) in [7, 11) is 0. The van der Waals surface area contributed by atoms with Gasteiger partial charge in [-0.2, -0.15) is 0 Å². The lowest BCUT2D eigenvalue weighted by Crippen LogP contribution is -2.40. The first-order chi connectivity index (χ1) is 9.11. The number of amides is 1. The Hall–Kier alpha value is -0.770. The normalized spacial score (nSPS) is 27.0. The number of hydrogen-bond acceptors (Lipinski definition) is 1. The molecule has 2 heterocycles.